The number of hydrogen-bond donors (Lipinski definition) is 1. The monoisotopic (exact) mass is 323 g/mol. The average molecular weight is 324 g/mol. The standard InChI is InChI=1S/C15H15BrFNO/c1-18-9-11-4-2-3-5-15(11)19-10-12-8-13(16)6-7-14(12)17/h2-8,18H,9-10H2,1H3. The lowest BCUT2D eigenvalue weighted by atomic mass is 10.2. The summed E-state index contributed by atoms with van der Waals surface area (Å²) < 4.78 is 20.2. The van der Waals surface area contributed by atoms with Gasteiger partial charge in [0.15, 0.2) is 0 Å². The topological polar surface area (TPSA) is 21.3 Å². The zero-order valence-electron chi connectivity index (χ0n) is 10.6. The van der Waals surface area contributed by atoms with E-state index in [-0.39, 0.29) is 12.4 Å². The molecule has 0 unspecified atom stereocenters. The second-order valence-corrected chi connectivity index (χ2v) is 5.08. The summed E-state index contributed by atoms with van der Waals surface area (Å²) >= 11 is 3.33. The molecule has 2 rings (SSSR count). The first-order valence-electron chi connectivity index (χ1n) is 6.00. The van der Waals surface area contributed by atoms with Gasteiger partial charge in [0.05, 0.1) is 0 Å². The molecule has 0 radical (unpaired) electrons. The van der Waals surface area contributed by atoms with Crippen LogP contribution < -0.4 is 10.1 Å². The van der Waals surface area contributed by atoms with E-state index in [9.17, 15) is 4.39 Å². The minimum atomic E-state index is -0.255. The van der Waals surface area contributed by atoms with Gasteiger partial charge in [0.1, 0.15) is 18.2 Å². The van der Waals surface area contributed by atoms with E-state index < -0.39 is 0 Å². The molecule has 0 amide bonds. The number of rotatable bonds is 5. The molecule has 0 saturated carbocycles. The maximum Gasteiger partial charge on any atom is 0.129 e. The average Bonchev–Trinajstić information content (AvgIpc) is 2.42. The van der Waals surface area contributed by atoms with Crippen molar-refractivity contribution in [2.75, 3.05) is 7.05 Å². The normalized spacial score (nSPS) is 10.5. The van der Waals surface area contributed by atoms with Crippen molar-refractivity contribution in [3.05, 3.63) is 63.9 Å². The van der Waals surface area contributed by atoms with Crippen LogP contribution in [0.4, 0.5) is 4.39 Å². The molecule has 0 heterocycles. The van der Waals surface area contributed by atoms with E-state index in [1.807, 2.05) is 31.3 Å². The van der Waals surface area contributed by atoms with Gasteiger partial charge in [-0.05, 0) is 31.3 Å². The van der Waals surface area contributed by atoms with Gasteiger partial charge in [-0.15, -0.1) is 0 Å². The minimum absolute atomic E-state index is 0.214. The molecular weight excluding hydrogens is 309 g/mol. The molecule has 2 aromatic carbocycles. The quantitative estimate of drug-likeness (QED) is 0.901. The molecule has 0 aliphatic heterocycles. The first-order valence-corrected chi connectivity index (χ1v) is 6.79. The number of para-hydroxylation sites is 1. The smallest absolute Gasteiger partial charge is 0.129 e. The minimum Gasteiger partial charge on any atom is -0.488 e. The predicted octanol–water partition coefficient (Wildman–Crippen LogP) is 3.89. The summed E-state index contributed by atoms with van der Waals surface area (Å²) in [5, 5.41) is 3.08. The lowest BCUT2D eigenvalue weighted by molar-refractivity contribution is 0.296. The van der Waals surface area contributed by atoms with Crippen molar-refractivity contribution in [2.45, 2.75) is 13.2 Å². The van der Waals surface area contributed by atoms with Gasteiger partial charge in [0.2, 0.25) is 0 Å². The van der Waals surface area contributed by atoms with E-state index in [1.165, 1.54) is 6.07 Å². The lowest BCUT2D eigenvalue weighted by Gasteiger charge is -2.11. The zero-order chi connectivity index (χ0) is 13.7. The van der Waals surface area contributed by atoms with Crippen LogP contribution >= 0.6 is 15.9 Å². The SMILES string of the molecule is CNCc1ccccc1OCc1cc(Br)ccc1F. The Hall–Kier alpha value is -1.39. The molecular formula is C15H15BrFNO. The van der Waals surface area contributed by atoms with Crippen LogP contribution in [0.2, 0.25) is 0 Å². The van der Waals surface area contributed by atoms with Crippen LogP contribution in [-0.2, 0) is 13.2 Å². The highest BCUT2D eigenvalue weighted by atomic mass is 79.9. The van der Waals surface area contributed by atoms with Gasteiger partial charge in [-0.2, -0.15) is 0 Å². The third kappa shape index (κ3) is 3.78. The zero-order valence-corrected chi connectivity index (χ0v) is 12.2. The number of halogens is 2. The maximum atomic E-state index is 13.6. The van der Waals surface area contributed by atoms with Crippen LogP contribution in [0.3, 0.4) is 0 Å². The summed E-state index contributed by atoms with van der Waals surface area (Å²) in [6, 6.07) is 12.6. The Bertz CT molecular complexity index is 560. The fraction of sp³-hybridized carbons (Fsp3) is 0.200. The van der Waals surface area contributed by atoms with E-state index in [4.69, 9.17) is 4.74 Å². The molecule has 0 saturated heterocycles. The fourth-order valence-corrected chi connectivity index (χ4v) is 2.20. The van der Waals surface area contributed by atoms with Crippen molar-refractivity contribution >= 4 is 15.9 Å². The first kappa shape index (κ1) is 14.0. The molecule has 1 N–H and O–H groups in total. The molecule has 0 spiro atoms. The highest BCUT2D eigenvalue weighted by Crippen LogP contribution is 2.21. The van der Waals surface area contributed by atoms with Crippen LogP contribution in [0.1, 0.15) is 11.1 Å². The molecule has 0 bridgehead atoms. The van der Waals surface area contributed by atoms with E-state index in [2.05, 4.69) is 21.2 Å². The molecule has 0 atom stereocenters. The van der Waals surface area contributed by atoms with Crippen LogP contribution in [0.25, 0.3) is 0 Å². The van der Waals surface area contributed by atoms with Crippen molar-refractivity contribution in [3.8, 4) is 5.75 Å². The Kier molecular flexibility index (Phi) is 4.93. The van der Waals surface area contributed by atoms with E-state index in [0.29, 0.717) is 5.56 Å². The first-order chi connectivity index (χ1) is 9.20. The number of ether oxygens (including phenoxy) is 1. The van der Waals surface area contributed by atoms with Crippen molar-refractivity contribution in [2.24, 2.45) is 0 Å². The molecule has 0 fully saturated rings. The Morgan fingerprint density at radius 3 is 2.74 bits per heavy atom. The molecule has 19 heavy (non-hydrogen) atoms. The number of benzene rings is 2. The van der Waals surface area contributed by atoms with Gasteiger partial charge >= 0.3 is 0 Å². The summed E-state index contributed by atoms with van der Waals surface area (Å²) in [5.74, 6) is 0.519. The van der Waals surface area contributed by atoms with Crippen LogP contribution in [0, 0.1) is 5.82 Å². The van der Waals surface area contributed by atoms with Crippen molar-refractivity contribution < 1.29 is 9.13 Å². The molecule has 2 nitrogen and oxygen atoms in total. The third-order valence-electron chi connectivity index (χ3n) is 2.73. The van der Waals surface area contributed by atoms with Crippen molar-refractivity contribution in [1.29, 1.82) is 0 Å². The van der Waals surface area contributed by atoms with Crippen LogP contribution in [0.15, 0.2) is 46.9 Å². The molecule has 100 valence electrons. The molecule has 4 heteroatoms. The van der Waals surface area contributed by atoms with E-state index in [1.54, 1.807) is 12.1 Å². The molecule has 0 aliphatic carbocycles. The van der Waals surface area contributed by atoms with Crippen LogP contribution in [0.5, 0.6) is 5.75 Å². The van der Waals surface area contributed by atoms with Crippen LogP contribution in [-0.4, -0.2) is 7.05 Å². The Labute approximate surface area is 120 Å². The summed E-state index contributed by atoms with van der Waals surface area (Å²) in [7, 11) is 1.88. The summed E-state index contributed by atoms with van der Waals surface area (Å²) in [6.45, 7) is 0.934. The summed E-state index contributed by atoms with van der Waals surface area (Å²) in [5.41, 5.74) is 1.59. The highest BCUT2D eigenvalue weighted by molar-refractivity contribution is 9.10. The second kappa shape index (κ2) is 6.68. The van der Waals surface area contributed by atoms with Gasteiger partial charge < -0.3 is 10.1 Å². The Morgan fingerprint density at radius 2 is 1.95 bits per heavy atom. The highest BCUT2D eigenvalue weighted by Gasteiger charge is 2.06. The van der Waals surface area contributed by atoms with Gasteiger partial charge in [0.25, 0.3) is 0 Å². The molecule has 0 aliphatic rings. The van der Waals surface area contributed by atoms with E-state index >= 15 is 0 Å². The Balaban J connectivity index is 2.12. The van der Waals surface area contributed by atoms with Crippen molar-refractivity contribution in [1.82, 2.24) is 5.32 Å². The van der Waals surface area contributed by atoms with E-state index in [0.717, 1.165) is 22.3 Å². The lowest BCUT2D eigenvalue weighted by Crippen LogP contribution is -2.07. The largest absolute Gasteiger partial charge is 0.488 e. The van der Waals surface area contributed by atoms with Gasteiger partial charge in [0, 0.05) is 22.1 Å². The Morgan fingerprint density at radius 1 is 1.16 bits per heavy atom. The summed E-state index contributed by atoms with van der Waals surface area (Å²) in [4.78, 5) is 0. The van der Waals surface area contributed by atoms with Gasteiger partial charge in [-0.25, -0.2) is 4.39 Å². The van der Waals surface area contributed by atoms with Crippen molar-refractivity contribution in [3.63, 3.8) is 0 Å². The fourth-order valence-electron chi connectivity index (χ4n) is 1.79. The number of nitrogens with one attached hydrogen (secondary N) is 1. The van der Waals surface area contributed by atoms with Gasteiger partial charge in [-0.1, -0.05) is 34.1 Å². The molecule has 0 aromatic heterocycles. The number of hydrogen-bond acceptors (Lipinski definition) is 2. The third-order valence-corrected chi connectivity index (χ3v) is 3.22. The summed E-state index contributed by atoms with van der Waals surface area (Å²) in [6.07, 6.45) is 0. The molecule has 2 aromatic rings. The van der Waals surface area contributed by atoms with Gasteiger partial charge in [-0.3, -0.25) is 0 Å². The predicted molar refractivity (Wildman–Crippen MR) is 77.6 cm³/mol. The second-order valence-electron chi connectivity index (χ2n) is 4.16. The maximum absolute atomic E-state index is 13.6.